The Morgan fingerprint density at radius 3 is 2.88 bits per heavy atom. The molecule has 16 heavy (non-hydrogen) atoms. The van der Waals surface area contributed by atoms with Crippen molar-refractivity contribution in [2.75, 3.05) is 19.7 Å². The largest absolute Gasteiger partial charge is 0.370 e. The van der Waals surface area contributed by atoms with Gasteiger partial charge in [0, 0.05) is 5.02 Å². The second kappa shape index (κ2) is 4.02. The number of nitrogens with one attached hydrogen (secondary N) is 1. The van der Waals surface area contributed by atoms with E-state index in [2.05, 4.69) is 17.4 Å². The summed E-state index contributed by atoms with van der Waals surface area (Å²) in [7, 11) is 0. The molecule has 0 radical (unpaired) electrons. The van der Waals surface area contributed by atoms with E-state index in [0.717, 1.165) is 44.0 Å². The zero-order valence-electron chi connectivity index (χ0n) is 9.26. The molecular formula is C13H16ClNO. The second-order valence-corrected chi connectivity index (χ2v) is 5.08. The van der Waals surface area contributed by atoms with E-state index in [1.54, 1.807) is 0 Å². The average molecular weight is 238 g/mol. The van der Waals surface area contributed by atoms with Gasteiger partial charge in [0.25, 0.3) is 0 Å². The minimum absolute atomic E-state index is 0.0383. The fraction of sp³-hybridized carbons (Fsp3) is 0.538. The lowest BCUT2D eigenvalue weighted by molar-refractivity contribution is -0.0802. The summed E-state index contributed by atoms with van der Waals surface area (Å²) >= 11 is 6.05. The van der Waals surface area contributed by atoms with Crippen molar-refractivity contribution in [2.24, 2.45) is 0 Å². The first kappa shape index (κ1) is 10.6. The Hall–Kier alpha value is -0.570. The highest BCUT2D eigenvalue weighted by Crippen LogP contribution is 2.40. The number of piperidine rings is 1. The minimum Gasteiger partial charge on any atom is -0.370 e. The van der Waals surface area contributed by atoms with Crippen molar-refractivity contribution in [1.29, 1.82) is 0 Å². The molecule has 3 rings (SSSR count). The maximum absolute atomic E-state index is 6.09. The predicted octanol–water partition coefficient (Wildman–Crippen LogP) is 2.49. The Morgan fingerprint density at radius 2 is 2.06 bits per heavy atom. The first-order valence-corrected chi connectivity index (χ1v) is 6.32. The summed E-state index contributed by atoms with van der Waals surface area (Å²) in [5, 5.41) is 4.23. The van der Waals surface area contributed by atoms with Gasteiger partial charge in [-0.1, -0.05) is 17.7 Å². The number of hydrogen-bond acceptors (Lipinski definition) is 2. The summed E-state index contributed by atoms with van der Waals surface area (Å²) in [5.41, 5.74) is 2.70. The van der Waals surface area contributed by atoms with E-state index >= 15 is 0 Å². The van der Waals surface area contributed by atoms with E-state index in [4.69, 9.17) is 16.3 Å². The highest BCUT2D eigenvalue weighted by atomic mass is 35.5. The Labute approximate surface area is 101 Å². The van der Waals surface area contributed by atoms with Crippen molar-refractivity contribution in [1.82, 2.24) is 5.32 Å². The molecule has 1 spiro atoms. The minimum atomic E-state index is -0.0383. The van der Waals surface area contributed by atoms with Crippen LogP contribution >= 0.6 is 11.6 Å². The number of halogens is 1. The van der Waals surface area contributed by atoms with E-state index < -0.39 is 0 Å². The lowest BCUT2D eigenvalue weighted by atomic mass is 9.80. The molecule has 0 bridgehead atoms. The van der Waals surface area contributed by atoms with E-state index in [1.165, 1.54) is 11.1 Å². The van der Waals surface area contributed by atoms with Gasteiger partial charge in [-0.05, 0) is 55.6 Å². The van der Waals surface area contributed by atoms with Crippen molar-refractivity contribution in [2.45, 2.75) is 24.9 Å². The van der Waals surface area contributed by atoms with Gasteiger partial charge < -0.3 is 10.1 Å². The van der Waals surface area contributed by atoms with Crippen LogP contribution in [0.4, 0.5) is 0 Å². The van der Waals surface area contributed by atoms with Crippen molar-refractivity contribution in [3.05, 3.63) is 34.3 Å². The molecule has 0 unspecified atom stereocenters. The fourth-order valence-electron chi connectivity index (χ4n) is 2.89. The molecule has 1 saturated heterocycles. The molecule has 1 aromatic carbocycles. The van der Waals surface area contributed by atoms with Crippen molar-refractivity contribution in [3.8, 4) is 0 Å². The smallest absolute Gasteiger partial charge is 0.0958 e. The summed E-state index contributed by atoms with van der Waals surface area (Å²) in [6.45, 7) is 2.91. The van der Waals surface area contributed by atoms with Crippen LogP contribution in [0.15, 0.2) is 18.2 Å². The first-order chi connectivity index (χ1) is 7.80. The Kier molecular flexibility index (Phi) is 2.66. The van der Waals surface area contributed by atoms with Crippen LogP contribution in [0.25, 0.3) is 0 Å². The van der Waals surface area contributed by atoms with E-state index in [0.29, 0.717) is 0 Å². The Balaban J connectivity index is 2.04. The average Bonchev–Trinajstić information content (AvgIpc) is 2.30. The van der Waals surface area contributed by atoms with Crippen LogP contribution < -0.4 is 5.32 Å². The normalized spacial score (nSPS) is 23.1. The second-order valence-electron chi connectivity index (χ2n) is 4.64. The summed E-state index contributed by atoms with van der Waals surface area (Å²) in [4.78, 5) is 0. The lowest BCUT2D eigenvalue weighted by Gasteiger charge is -2.42. The van der Waals surface area contributed by atoms with Crippen LogP contribution in [-0.2, 0) is 16.8 Å². The SMILES string of the molecule is Clc1ccc2c(c1)CCOC21CCNCC1. The van der Waals surface area contributed by atoms with Gasteiger partial charge in [0.1, 0.15) is 0 Å². The van der Waals surface area contributed by atoms with Crippen LogP contribution in [0.2, 0.25) is 5.02 Å². The predicted molar refractivity (Wildman–Crippen MR) is 64.9 cm³/mol. The molecule has 0 atom stereocenters. The first-order valence-electron chi connectivity index (χ1n) is 5.94. The number of rotatable bonds is 0. The van der Waals surface area contributed by atoms with Crippen molar-refractivity contribution < 1.29 is 4.74 Å². The molecule has 1 fully saturated rings. The lowest BCUT2D eigenvalue weighted by Crippen LogP contribution is -2.44. The third-order valence-corrected chi connectivity index (χ3v) is 3.95. The molecule has 0 amide bonds. The summed E-state index contributed by atoms with van der Waals surface area (Å²) in [5.74, 6) is 0. The molecule has 0 aromatic heterocycles. The van der Waals surface area contributed by atoms with Crippen LogP contribution in [0.5, 0.6) is 0 Å². The maximum atomic E-state index is 6.09. The highest BCUT2D eigenvalue weighted by Gasteiger charge is 2.38. The monoisotopic (exact) mass is 237 g/mol. The molecule has 3 heteroatoms. The van der Waals surface area contributed by atoms with Crippen LogP contribution in [0.3, 0.4) is 0 Å². The standard InChI is InChI=1S/C13H16ClNO/c14-11-1-2-12-10(9-11)3-8-16-13(12)4-6-15-7-5-13/h1-2,9,15H,3-8H2. The van der Waals surface area contributed by atoms with Gasteiger partial charge in [0.2, 0.25) is 0 Å². The molecule has 0 saturated carbocycles. The summed E-state index contributed by atoms with van der Waals surface area (Å²) < 4.78 is 6.09. The van der Waals surface area contributed by atoms with Gasteiger partial charge in [0.05, 0.1) is 12.2 Å². The number of fused-ring (bicyclic) bond motifs is 2. The molecule has 2 nitrogen and oxygen atoms in total. The molecule has 0 aliphatic carbocycles. The number of ether oxygens (including phenoxy) is 1. The summed E-state index contributed by atoms with van der Waals surface area (Å²) in [6, 6.07) is 6.24. The molecule has 86 valence electrons. The molecule has 2 aliphatic heterocycles. The molecule has 2 aliphatic rings. The number of hydrogen-bond donors (Lipinski definition) is 1. The van der Waals surface area contributed by atoms with E-state index in [1.807, 2.05) is 6.07 Å². The van der Waals surface area contributed by atoms with Crippen LogP contribution in [-0.4, -0.2) is 19.7 Å². The maximum Gasteiger partial charge on any atom is 0.0958 e. The zero-order valence-corrected chi connectivity index (χ0v) is 10.0. The van der Waals surface area contributed by atoms with Crippen molar-refractivity contribution >= 4 is 11.6 Å². The van der Waals surface area contributed by atoms with Crippen molar-refractivity contribution in [3.63, 3.8) is 0 Å². The topological polar surface area (TPSA) is 21.3 Å². The highest BCUT2D eigenvalue weighted by molar-refractivity contribution is 6.30. The third kappa shape index (κ3) is 1.65. The molecule has 1 aromatic rings. The Morgan fingerprint density at radius 1 is 1.25 bits per heavy atom. The molecular weight excluding hydrogens is 222 g/mol. The van der Waals surface area contributed by atoms with Gasteiger partial charge in [-0.15, -0.1) is 0 Å². The van der Waals surface area contributed by atoms with Crippen LogP contribution in [0, 0.1) is 0 Å². The summed E-state index contributed by atoms with van der Waals surface area (Å²) in [6.07, 6.45) is 3.13. The fourth-order valence-corrected chi connectivity index (χ4v) is 3.09. The third-order valence-electron chi connectivity index (χ3n) is 3.72. The quantitative estimate of drug-likeness (QED) is 0.749. The zero-order chi connectivity index (χ0) is 11.0. The van der Waals surface area contributed by atoms with Gasteiger partial charge in [-0.25, -0.2) is 0 Å². The van der Waals surface area contributed by atoms with Gasteiger partial charge >= 0.3 is 0 Å². The van der Waals surface area contributed by atoms with Gasteiger partial charge in [-0.2, -0.15) is 0 Å². The Bertz CT molecular complexity index is 399. The van der Waals surface area contributed by atoms with Gasteiger partial charge in [0.15, 0.2) is 0 Å². The van der Waals surface area contributed by atoms with E-state index in [-0.39, 0.29) is 5.60 Å². The van der Waals surface area contributed by atoms with Gasteiger partial charge in [-0.3, -0.25) is 0 Å². The van der Waals surface area contributed by atoms with Crippen LogP contribution in [0.1, 0.15) is 24.0 Å². The molecule has 2 heterocycles. The van der Waals surface area contributed by atoms with E-state index in [9.17, 15) is 0 Å². The number of benzene rings is 1. The molecule has 1 N–H and O–H groups in total.